The van der Waals surface area contributed by atoms with E-state index in [1.165, 1.54) is 12.1 Å². The van der Waals surface area contributed by atoms with Crippen LogP contribution in [-0.2, 0) is 6.54 Å². The van der Waals surface area contributed by atoms with E-state index in [1.807, 2.05) is 6.92 Å². The maximum atomic E-state index is 12.9. The van der Waals surface area contributed by atoms with E-state index >= 15 is 0 Å². The fourth-order valence-electron chi connectivity index (χ4n) is 1.73. The monoisotopic (exact) mass is 266 g/mol. The van der Waals surface area contributed by atoms with Gasteiger partial charge in [-0.25, -0.2) is 4.39 Å². The summed E-state index contributed by atoms with van der Waals surface area (Å²) in [5.74, 6) is -0.704. The fourth-order valence-corrected chi connectivity index (χ4v) is 1.98. The van der Waals surface area contributed by atoms with Gasteiger partial charge in [0, 0.05) is 18.3 Å². The molecule has 0 saturated heterocycles. The molecule has 0 fully saturated rings. The van der Waals surface area contributed by atoms with Crippen LogP contribution in [0, 0.1) is 5.82 Å². The summed E-state index contributed by atoms with van der Waals surface area (Å²) in [6, 6.07) is 5.38. The topological polar surface area (TPSA) is 34.9 Å². The smallest absolute Gasteiger partial charge is 0.212 e. The lowest BCUT2D eigenvalue weighted by Gasteiger charge is -2.06. The minimum absolute atomic E-state index is 0.115. The molecule has 2 aromatic rings. The molecule has 0 amide bonds. The number of carbonyl (C=O) groups excluding carboxylic acids is 1. The third-order valence-corrected chi connectivity index (χ3v) is 2.87. The van der Waals surface area contributed by atoms with Gasteiger partial charge in [-0.1, -0.05) is 18.5 Å². The Morgan fingerprint density at radius 1 is 1.44 bits per heavy atom. The molecule has 0 aliphatic rings. The average Bonchev–Trinajstić information content (AvgIpc) is 2.77. The fraction of sp³-hybridized carbons (Fsp3) is 0.231. The van der Waals surface area contributed by atoms with Gasteiger partial charge in [0.1, 0.15) is 11.5 Å². The molecule has 1 aromatic heterocycles. The summed E-state index contributed by atoms with van der Waals surface area (Å²) < 4.78 is 14.6. The number of benzene rings is 1. The largest absolute Gasteiger partial charge is 0.287 e. The lowest BCUT2D eigenvalue weighted by molar-refractivity contribution is 0.102. The van der Waals surface area contributed by atoms with Crippen molar-refractivity contribution >= 4 is 17.4 Å². The number of aromatic nitrogens is 2. The molecular formula is C13H12ClFN2O. The van der Waals surface area contributed by atoms with Crippen LogP contribution in [0.25, 0.3) is 0 Å². The highest BCUT2D eigenvalue weighted by Crippen LogP contribution is 2.20. The Morgan fingerprint density at radius 2 is 2.22 bits per heavy atom. The molecule has 0 radical (unpaired) electrons. The van der Waals surface area contributed by atoms with Crippen LogP contribution in [0.3, 0.4) is 0 Å². The highest BCUT2D eigenvalue weighted by Gasteiger charge is 2.17. The Balaban J connectivity index is 2.38. The zero-order valence-corrected chi connectivity index (χ0v) is 10.6. The Hall–Kier alpha value is -1.68. The third kappa shape index (κ3) is 2.43. The predicted molar refractivity (Wildman–Crippen MR) is 67.4 cm³/mol. The SMILES string of the molecule is CCCn1nccc1C(=O)c1ccc(F)cc1Cl. The van der Waals surface area contributed by atoms with Crippen molar-refractivity contribution < 1.29 is 9.18 Å². The van der Waals surface area contributed by atoms with E-state index in [9.17, 15) is 9.18 Å². The number of ketones is 1. The highest BCUT2D eigenvalue weighted by atomic mass is 35.5. The molecule has 1 aromatic carbocycles. The van der Waals surface area contributed by atoms with Gasteiger partial charge in [-0.15, -0.1) is 0 Å². The van der Waals surface area contributed by atoms with Crippen LogP contribution in [0.2, 0.25) is 5.02 Å². The molecule has 1 heterocycles. The first-order chi connectivity index (χ1) is 8.63. The van der Waals surface area contributed by atoms with Crippen LogP contribution in [0.1, 0.15) is 29.4 Å². The van der Waals surface area contributed by atoms with E-state index in [0.717, 1.165) is 12.5 Å². The van der Waals surface area contributed by atoms with Crippen molar-refractivity contribution in [3.05, 3.63) is 52.6 Å². The number of halogens is 2. The molecule has 94 valence electrons. The predicted octanol–water partition coefficient (Wildman–Crippen LogP) is 3.32. The van der Waals surface area contributed by atoms with E-state index in [1.54, 1.807) is 16.9 Å². The van der Waals surface area contributed by atoms with E-state index in [4.69, 9.17) is 11.6 Å². The van der Waals surface area contributed by atoms with Gasteiger partial charge in [-0.3, -0.25) is 9.48 Å². The van der Waals surface area contributed by atoms with Crippen molar-refractivity contribution in [2.24, 2.45) is 0 Å². The molecule has 0 spiro atoms. The molecule has 0 aliphatic heterocycles. The van der Waals surface area contributed by atoms with Crippen LogP contribution in [0.4, 0.5) is 4.39 Å². The summed E-state index contributed by atoms with van der Waals surface area (Å²) in [4.78, 5) is 12.3. The van der Waals surface area contributed by atoms with Crippen molar-refractivity contribution in [2.45, 2.75) is 19.9 Å². The van der Waals surface area contributed by atoms with Crippen molar-refractivity contribution in [3.8, 4) is 0 Å². The highest BCUT2D eigenvalue weighted by molar-refractivity contribution is 6.34. The lowest BCUT2D eigenvalue weighted by atomic mass is 10.1. The van der Waals surface area contributed by atoms with Gasteiger partial charge in [-0.05, 0) is 30.7 Å². The molecular weight excluding hydrogens is 255 g/mol. The van der Waals surface area contributed by atoms with Crippen LogP contribution >= 0.6 is 11.6 Å². The normalized spacial score (nSPS) is 10.6. The van der Waals surface area contributed by atoms with E-state index in [2.05, 4.69) is 5.10 Å². The summed E-state index contributed by atoms with van der Waals surface area (Å²) in [7, 11) is 0. The van der Waals surface area contributed by atoms with Crippen LogP contribution in [-0.4, -0.2) is 15.6 Å². The zero-order chi connectivity index (χ0) is 13.1. The summed E-state index contributed by atoms with van der Waals surface area (Å²) in [5.41, 5.74) is 0.751. The molecule has 0 unspecified atom stereocenters. The number of carbonyl (C=O) groups is 1. The van der Waals surface area contributed by atoms with Crippen molar-refractivity contribution in [2.75, 3.05) is 0 Å². The van der Waals surface area contributed by atoms with Gasteiger partial charge in [0.05, 0.1) is 5.02 Å². The van der Waals surface area contributed by atoms with Crippen LogP contribution in [0.15, 0.2) is 30.5 Å². The summed E-state index contributed by atoms with van der Waals surface area (Å²) in [6.07, 6.45) is 2.44. The van der Waals surface area contributed by atoms with Gasteiger partial charge >= 0.3 is 0 Å². The second-order valence-electron chi connectivity index (χ2n) is 3.89. The molecule has 0 atom stereocenters. The first kappa shape index (κ1) is 12.8. The molecule has 0 N–H and O–H groups in total. The van der Waals surface area contributed by atoms with E-state index in [-0.39, 0.29) is 16.4 Å². The maximum Gasteiger partial charge on any atom is 0.212 e. The molecule has 18 heavy (non-hydrogen) atoms. The number of hydrogen-bond donors (Lipinski definition) is 0. The maximum absolute atomic E-state index is 12.9. The lowest BCUT2D eigenvalue weighted by Crippen LogP contribution is -2.12. The van der Waals surface area contributed by atoms with Gasteiger partial charge in [0.2, 0.25) is 5.78 Å². The second-order valence-corrected chi connectivity index (χ2v) is 4.30. The minimum atomic E-state index is -0.460. The molecule has 2 rings (SSSR count). The Morgan fingerprint density at radius 3 is 2.89 bits per heavy atom. The summed E-state index contributed by atoms with van der Waals surface area (Å²) >= 11 is 5.88. The van der Waals surface area contributed by atoms with E-state index < -0.39 is 5.82 Å². The molecule has 0 bridgehead atoms. The number of nitrogens with zero attached hydrogens (tertiary/aromatic N) is 2. The average molecular weight is 267 g/mol. The first-order valence-electron chi connectivity index (χ1n) is 5.65. The zero-order valence-electron chi connectivity index (χ0n) is 9.86. The second kappa shape index (κ2) is 5.31. The van der Waals surface area contributed by atoms with Gasteiger partial charge in [0.15, 0.2) is 0 Å². The minimum Gasteiger partial charge on any atom is -0.287 e. The standard InChI is InChI=1S/C13H12ClFN2O/c1-2-7-17-12(5-6-16-17)13(18)10-4-3-9(15)8-11(10)14/h3-6,8H,2,7H2,1H3. The molecule has 3 nitrogen and oxygen atoms in total. The van der Waals surface area contributed by atoms with Gasteiger partial charge in [0.25, 0.3) is 0 Å². The number of rotatable bonds is 4. The summed E-state index contributed by atoms with van der Waals surface area (Å²) in [5, 5.41) is 4.19. The van der Waals surface area contributed by atoms with Crippen LogP contribution in [0.5, 0.6) is 0 Å². The van der Waals surface area contributed by atoms with Crippen molar-refractivity contribution in [1.29, 1.82) is 0 Å². The molecule has 5 heteroatoms. The van der Waals surface area contributed by atoms with Gasteiger partial charge < -0.3 is 0 Å². The number of aryl methyl sites for hydroxylation is 1. The Kier molecular flexibility index (Phi) is 3.77. The Bertz CT molecular complexity index is 580. The third-order valence-electron chi connectivity index (χ3n) is 2.56. The first-order valence-corrected chi connectivity index (χ1v) is 6.03. The summed E-state index contributed by atoms with van der Waals surface area (Å²) in [6.45, 7) is 2.66. The van der Waals surface area contributed by atoms with Crippen molar-refractivity contribution in [3.63, 3.8) is 0 Å². The molecule has 0 saturated carbocycles. The van der Waals surface area contributed by atoms with Crippen molar-refractivity contribution in [1.82, 2.24) is 9.78 Å². The van der Waals surface area contributed by atoms with Gasteiger partial charge in [-0.2, -0.15) is 5.10 Å². The van der Waals surface area contributed by atoms with Crippen LogP contribution < -0.4 is 0 Å². The van der Waals surface area contributed by atoms with E-state index in [0.29, 0.717) is 12.2 Å². The number of hydrogen-bond acceptors (Lipinski definition) is 2. The Labute approximate surface area is 109 Å². The quantitative estimate of drug-likeness (QED) is 0.796. The molecule has 0 aliphatic carbocycles.